The first-order valence-corrected chi connectivity index (χ1v) is 13.9. The Morgan fingerprint density at radius 1 is 1.05 bits per heavy atom. The lowest BCUT2D eigenvalue weighted by molar-refractivity contribution is -0.0892. The van der Waals surface area contributed by atoms with Crippen molar-refractivity contribution in [2.75, 3.05) is 25.1 Å². The van der Waals surface area contributed by atoms with Crippen LogP contribution in [-0.2, 0) is 13.0 Å². The third-order valence-corrected chi connectivity index (χ3v) is 7.42. The number of rotatable bonds is 9. The van der Waals surface area contributed by atoms with Crippen molar-refractivity contribution in [3.05, 3.63) is 89.4 Å². The summed E-state index contributed by atoms with van der Waals surface area (Å²) in [7, 11) is 2.98. The average molecular weight is 567 g/mol. The van der Waals surface area contributed by atoms with Gasteiger partial charge in [-0.1, -0.05) is 31.2 Å². The molecule has 3 heterocycles. The normalized spacial score (nSPS) is 14.4. The van der Waals surface area contributed by atoms with Gasteiger partial charge in [-0.15, -0.1) is 0 Å². The van der Waals surface area contributed by atoms with Gasteiger partial charge in [-0.25, -0.2) is 4.98 Å². The molecule has 1 amide bonds. The first-order valence-electron chi connectivity index (χ1n) is 13.4. The van der Waals surface area contributed by atoms with E-state index in [-0.39, 0.29) is 11.7 Å². The van der Waals surface area contributed by atoms with Gasteiger partial charge in [0.1, 0.15) is 22.8 Å². The molecule has 1 saturated heterocycles. The summed E-state index contributed by atoms with van der Waals surface area (Å²) in [5, 5.41) is 3.04. The van der Waals surface area contributed by atoms with Crippen LogP contribution in [0, 0.1) is 0 Å². The predicted octanol–water partition coefficient (Wildman–Crippen LogP) is 6.02. The number of alkyl halides is 2. The smallest absolute Gasteiger partial charge is 0.408 e. The standard InChI is InChI=1S/C30H33F2N4O3P/c1-3-26-28(36-19-25(38-2)12-13-27(36)34-26)29(37)33-18-20-4-8-23(9-5-20)35-16-14-22(15-17-35)21-6-10-24(11-7-21)39-30(31,32)40/h4-13,19,22H,3,14-18,40H2,1-2H3,(H,33,37). The Hall–Kier alpha value is -3.71. The van der Waals surface area contributed by atoms with E-state index in [0.29, 0.717) is 36.0 Å². The number of methoxy groups -OCH3 is 1. The fourth-order valence-electron chi connectivity index (χ4n) is 5.21. The van der Waals surface area contributed by atoms with Crippen LogP contribution in [0.3, 0.4) is 0 Å². The van der Waals surface area contributed by atoms with Gasteiger partial charge in [0.15, 0.2) is 0 Å². The third kappa shape index (κ3) is 6.36. The van der Waals surface area contributed by atoms with Gasteiger partial charge < -0.3 is 19.7 Å². The van der Waals surface area contributed by atoms with Crippen LogP contribution in [0.15, 0.2) is 66.9 Å². The summed E-state index contributed by atoms with van der Waals surface area (Å²) in [6, 6.07) is 18.9. The number of nitrogens with one attached hydrogen (secondary N) is 1. The van der Waals surface area contributed by atoms with Gasteiger partial charge in [0.2, 0.25) is 0 Å². The Labute approximate surface area is 234 Å². The van der Waals surface area contributed by atoms with E-state index in [1.54, 1.807) is 29.8 Å². The molecule has 1 aliphatic heterocycles. The van der Waals surface area contributed by atoms with E-state index in [1.165, 1.54) is 9.24 Å². The maximum atomic E-state index is 13.2. The molecule has 0 aliphatic carbocycles. The molecule has 0 spiro atoms. The van der Waals surface area contributed by atoms with Gasteiger partial charge in [0, 0.05) is 25.3 Å². The minimum absolute atomic E-state index is 0.155. The number of ether oxygens (including phenoxy) is 2. The number of nitrogens with zero attached hydrogens (tertiary/aromatic N) is 3. The summed E-state index contributed by atoms with van der Waals surface area (Å²) >= 11 is 0. The second-order valence-electron chi connectivity index (χ2n) is 9.90. The van der Waals surface area contributed by atoms with Crippen molar-refractivity contribution >= 4 is 26.5 Å². The number of aromatic nitrogens is 2. The number of halogens is 2. The molecule has 40 heavy (non-hydrogen) atoms. The number of hydrogen-bond acceptors (Lipinski definition) is 5. The molecule has 5 rings (SSSR count). The van der Waals surface area contributed by atoms with Gasteiger partial charge in [0.05, 0.1) is 19.0 Å². The van der Waals surface area contributed by atoms with E-state index < -0.39 is 5.85 Å². The molecule has 4 aromatic rings. The molecule has 1 fully saturated rings. The molecule has 0 saturated carbocycles. The van der Waals surface area contributed by atoms with Crippen molar-refractivity contribution < 1.29 is 23.0 Å². The third-order valence-electron chi connectivity index (χ3n) is 7.30. The maximum Gasteiger partial charge on any atom is 0.408 e. The zero-order chi connectivity index (χ0) is 28.3. The number of imidazole rings is 1. The molecule has 1 N–H and O–H groups in total. The maximum absolute atomic E-state index is 13.2. The summed E-state index contributed by atoms with van der Waals surface area (Å²) in [6.45, 7) is 4.20. The summed E-state index contributed by atoms with van der Waals surface area (Å²) in [5.74, 6) is -2.25. The number of aryl methyl sites for hydroxylation is 1. The summed E-state index contributed by atoms with van der Waals surface area (Å²) in [5.41, 5.74) is 5.27. The van der Waals surface area contributed by atoms with Crippen molar-refractivity contribution in [3.63, 3.8) is 0 Å². The molecule has 1 aliphatic rings. The first kappa shape index (κ1) is 27.8. The number of carbonyl (C=O) groups excluding carboxylic acids is 1. The molecule has 2 aromatic heterocycles. The number of pyridine rings is 1. The zero-order valence-corrected chi connectivity index (χ0v) is 23.7. The van der Waals surface area contributed by atoms with E-state index in [9.17, 15) is 13.6 Å². The molecule has 10 heteroatoms. The van der Waals surface area contributed by atoms with Crippen molar-refractivity contribution in [3.8, 4) is 11.5 Å². The lowest BCUT2D eigenvalue weighted by atomic mass is 9.89. The molecule has 0 bridgehead atoms. The average Bonchev–Trinajstić information content (AvgIpc) is 3.34. The number of amides is 1. The Bertz CT molecular complexity index is 1460. The van der Waals surface area contributed by atoms with Gasteiger partial charge in [0.25, 0.3) is 5.91 Å². The molecular formula is C30H33F2N4O3P. The molecule has 210 valence electrons. The van der Waals surface area contributed by atoms with E-state index >= 15 is 0 Å². The Morgan fingerprint density at radius 2 is 1.73 bits per heavy atom. The van der Waals surface area contributed by atoms with Crippen LogP contribution >= 0.6 is 9.24 Å². The zero-order valence-electron chi connectivity index (χ0n) is 22.6. The Morgan fingerprint density at radius 3 is 2.35 bits per heavy atom. The van der Waals surface area contributed by atoms with Gasteiger partial charge in [-0.2, -0.15) is 8.78 Å². The lowest BCUT2D eigenvalue weighted by Gasteiger charge is -2.34. The largest absolute Gasteiger partial charge is 0.495 e. The van der Waals surface area contributed by atoms with Crippen molar-refractivity contribution in [2.24, 2.45) is 0 Å². The monoisotopic (exact) mass is 566 g/mol. The highest BCUT2D eigenvalue weighted by atomic mass is 31.0. The number of anilines is 1. The fourth-order valence-corrected chi connectivity index (χ4v) is 5.34. The van der Waals surface area contributed by atoms with Gasteiger partial charge in [-0.3, -0.25) is 9.20 Å². The minimum Gasteiger partial charge on any atom is -0.495 e. The van der Waals surface area contributed by atoms with Crippen LogP contribution in [-0.4, -0.2) is 41.3 Å². The molecule has 7 nitrogen and oxygen atoms in total. The summed E-state index contributed by atoms with van der Waals surface area (Å²) in [6.07, 6.45) is 4.38. The van der Waals surface area contributed by atoms with Crippen LogP contribution in [0.2, 0.25) is 0 Å². The summed E-state index contributed by atoms with van der Waals surface area (Å²) < 4.78 is 37.8. The number of fused-ring (bicyclic) bond motifs is 1. The molecular weight excluding hydrogens is 533 g/mol. The predicted molar refractivity (Wildman–Crippen MR) is 155 cm³/mol. The first-order chi connectivity index (χ1) is 19.2. The van der Waals surface area contributed by atoms with Crippen molar-refractivity contribution in [1.82, 2.24) is 14.7 Å². The highest BCUT2D eigenvalue weighted by Gasteiger charge is 2.25. The van der Waals surface area contributed by atoms with E-state index in [2.05, 4.69) is 32.1 Å². The molecule has 1 unspecified atom stereocenters. The van der Waals surface area contributed by atoms with E-state index in [4.69, 9.17) is 4.74 Å². The van der Waals surface area contributed by atoms with Crippen molar-refractivity contribution in [1.29, 1.82) is 0 Å². The fraction of sp³-hybridized carbons (Fsp3) is 0.333. The van der Waals surface area contributed by atoms with Gasteiger partial charge >= 0.3 is 5.85 Å². The molecule has 1 atom stereocenters. The second-order valence-corrected chi connectivity index (χ2v) is 10.6. The minimum atomic E-state index is -3.27. The number of piperidine rings is 1. The Kier molecular flexibility index (Phi) is 8.22. The van der Waals surface area contributed by atoms with Crippen LogP contribution in [0.1, 0.15) is 53.0 Å². The SMILES string of the molecule is CCc1nc2ccc(OC)cn2c1C(=O)NCc1ccc(N2CCC(c3ccc(OC(F)(F)P)cc3)CC2)cc1. The van der Waals surface area contributed by atoms with Crippen LogP contribution in [0.5, 0.6) is 11.5 Å². The number of benzene rings is 2. The lowest BCUT2D eigenvalue weighted by Crippen LogP contribution is -2.32. The summed E-state index contributed by atoms with van der Waals surface area (Å²) in [4.78, 5) is 20.1. The molecule has 0 radical (unpaired) electrons. The number of carbonyl (C=O) groups is 1. The van der Waals surface area contributed by atoms with Gasteiger partial charge in [-0.05, 0) is 81.9 Å². The van der Waals surface area contributed by atoms with E-state index in [1.807, 2.05) is 43.3 Å². The van der Waals surface area contributed by atoms with Crippen LogP contribution < -0.4 is 19.7 Å². The molecule has 2 aromatic carbocycles. The highest BCUT2D eigenvalue weighted by molar-refractivity contribution is 7.17. The quantitative estimate of drug-likeness (QED) is 0.251. The van der Waals surface area contributed by atoms with Crippen LogP contribution in [0.4, 0.5) is 14.5 Å². The topological polar surface area (TPSA) is 68.1 Å². The highest BCUT2D eigenvalue weighted by Crippen LogP contribution is 2.33. The Balaban J connectivity index is 1.16. The number of hydrogen-bond donors (Lipinski definition) is 1. The van der Waals surface area contributed by atoms with Crippen LogP contribution in [0.25, 0.3) is 5.65 Å². The van der Waals surface area contributed by atoms with E-state index in [0.717, 1.165) is 48.4 Å². The van der Waals surface area contributed by atoms with Crippen molar-refractivity contribution in [2.45, 2.75) is 44.5 Å². The second kappa shape index (κ2) is 11.8.